The molecule has 1 saturated carbocycles. The molecule has 0 bridgehead atoms. The minimum atomic E-state index is -0.286. The standard InChI is InChI=1S/C18H26N2O3/c1-13-6-3-4-9-17(13)23-11-10-19-18(22)20-16-8-5-7-15(12-16)14(2)21/h5,7-8,12-13,17H,3-4,6,9-11H2,1-2H3,(H2,19,20,22). The molecule has 0 aliphatic heterocycles. The molecule has 0 spiro atoms. The fourth-order valence-electron chi connectivity index (χ4n) is 2.90. The number of anilines is 1. The Balaban J connectivity index is 1.69. The first kappa shape index (κ1) is 17.5. The van der Waals surface area contributed by atoms with Gasteiger partial charge < -0.3 is 15.4 Å². The first-order valence-electron chi connectivity index (χ1n) is 8.33. The summed E-state index contributed by atoms with van der Waals surface area (Å²) in [6.45, 7) is 4.73. The molecule has 0 aromatic heterocycles. The SMILES string of the molecule is CC(=O)c1cccc(NC(=O)NCCOC2CCCCC2C)c1. The number of hydrogen-bond donors (Lipinski definition) is 2. The Kier molecular flexibility index (Phi) is 6.59. The van der Waals surface area contributed by atoms with Gasteiger partial charge in [0.05, 0.1) is 12.7 Å². The molecule has 5 heteroatoms. The molecule has 1 aromatic rings. The third kappa shape index (κ3) is 5.67. The quantitative estimate of drug-likeness (QED) is 0.622. The minimum Gasteiger partial charge on any atom is -0.376 e. The predicted molar refractivity (Wildman–Crippen MR) is 90.8 cm³/mol. The van der Waals surface area contributed by atoms with E-state index in [1.54, 1.807) is 24.3 Å². The van der Waals surface area contributed by atoms with Crippen LogP contribution in [0.25, 0.3) is 0 Å². The van der Waals surface area contributed by atoms with E-state index in [1.807, 2.05) is 0 Å². The molecule has 2 amide bonds. The number of nitrogens with one attached hydrogen (secondary N) is 2. The summed E-state index contributed by atoms with van der Waals surface area (Å²) in [4.78, 5) is 23.2. The van der Waals surface area contributed by atoms with Gasteiger partial charge in [0.15, 0.2) is 5.78 Å². The van der Waals surface area contributed by atoms with E-state index >= 15 is 0 Å². The van der Waals surface area contributed by atoms with E-state index in [1.165, 1.54) is 26.2 Å². The van der Waals surface area contributed by atoms with E-state index in [4.69, 9.17) is 4.74 Å². The predicted octanol–water partition coefficient (Wildman–Crippen LogP) is 3.61. The summed E-state index contributed by atoms with van der Waals surface area (Å²) in [5.41, 5.74) is 1.19. The lowest BCUT2D eigenvalue weighted by Gasteiger charge is -2.28. The van der Waals surface area contributed by atoms with Crippen LogP contribution in [0.15, 0.2) is 24.3 Å². The van der Waals surface area contributed by atoms with Crippen molar-refractivity contribution < 1.29 is 14.3 Å². The van der Waals surface area contributed by atoms with Gasteiger partial charge in [0.2, 0.25) is 0 Å². The zero-order valence-electron chi connectivity index (χ0n) is 13.9. The Morgan fingerprint density at radius 3 is 2.78 bits per heavy atom. The van der Waals surface area contributed by atoms with Gasteiger partial charge in [-0.05, 0) is 37.8 Å². The Labute approximate surface area is 137 Å². The average molecular weight is 318 g/mol. The second-order valence-corrected chi connectivity index (χ2v) is 6.19. The molecule has 126 valence electrons. The minimum absolute atomic E-state index is 0.0240. The smallest absolute Gasteiger partial charge is 0.319 e. The van der Waals surface area contributed by atoms with Crippen LogP contribution in [0, 0.1) is 5.92 Å². The van der Waals surface area contributed by atoms with Crippen molar-refractivity contribution in [2.24, 2.45) is 5.92 Å². The van der Waals surface area contributed by atoms with Gasteiger partial charge in [-0.25, -0.2) is 4.79 Å². The Bertz CT molecular complexity index is 545. The van der Waals surface area contributed by atoms with E-state index in [0.29, 0.717) is 36.4 Å². The molecule has 2 unspecified atom stereocenters. The van der Waals surface area contributed by atoms with Gasteiger partial charge in [-0.1, -0.05) is 31.9 Å². The van der Waals surface area contributed by atoms with E-state index in [-0.39, 0.29) is 11.8 Å². The van der Waals surface area contributed by atoms with Gasteiger partial charge in [0, 0.05) is 17.8 Å². The highest BCUT2D eigenvalue weighted by Crippen LogP contribution is 2.25. The number of amides is 2. The molecule has 5 nitrogen and oxygen atoms in total. The van der Waals surface area contributed by atoms with Crippen LogP contribution in [-0.4, -0.2) is 31.1 Å². The normalized spacial score (nSPS) is 20.8. The van der Waals surface area contributed by atoms with Crippen molar-refractivity contribution in [2.45, 2.75) is 45.6 Å². The summed E-state index contributed by atoms with van der Waals surface area (Å²) >= 11 is 0. The maximum absolute atomic E-state index is 11.8. The van der Waals surface area contributed by atoms with Crippen molar-refractivity contribution in [3.63, 3.8) is 0 Å². The molecule has 1 aliphatic rings. The van der Waals surface area contributed by atoms with Gasteiger partial charge in [0.25, 0.3) is 0 Å². The van der Waals surface area contributed by atoms with Crippen LogP contribution in [0.3, 0.4) is 0 Å². The average Bonchev–Trinajstić information content (AvgIpc) is 2.53. The summed E-state index contributed by atoms with van der Waals surface area (Å²) in [7, 11) is 0. The number of carbonyl (C=O) groups is 2. The maximum atomic E-state index is 11.8. The van der Waals surface area contributed by atoms with Crippen LogP contribution < -0.4 is 10.6 Å². The molecular weight excluding hydrogens is 292 g/mol. The number of rotatable bonds is 6. The lowest BCUT2D eigenvalue weighted by Crippen LogP contribution is -2.34. The van der Waals surface area contributed by atoms with Gasteiger partial charge in [-0.15, -0.1) is 0 Å². The molecule has 2 rings (SSSR count). The lowest BCUT2D eigenvalue weighted by atomic mass is 9.88. The van der Waals surface area contributed by atoms with Crippen molar-refractivity contribution >= 4 is 17.5 Å². The van der Waals surface area contributed by atoms with Crippen LogP contribution >= 0.6 is 0 Å². The number of hydrogen-bond acceptors (Lipinski definition) is 3. The zero-order chi connectivity index (χ0) is 16.7. The van der Waals surface area contributed by atoms with Crippen LogP contribution in [0.1, 0.15) is 49.9 Å². The molecule has 0 heterocycles. The van der Waals surface area contributed by atoms with Crippen LogP contribution in [0.5, 0.6) is 0 Å². The summed E-state index contributed by atoms with van der Waals surface area (Å²) in [6.07, 6.45) is 5.19. The fourth-order valence-corrected chi connectivity index (χ4v) is 2.90. The van der Waals surface area contributed by atoms with Crippen molar-refractivity contribution in [3.05, 3.63) is 29.8 Å². The third-order valence-corrected chi connectivity index (χ3v) is 4.28. The summed E-state index contributed by atoms with van der Waals surface area (Å²) in [6, 6.07) is 6.62. The van der Waals surface area contributed by atoms with E-state index in [2.05, 4.69) is 17.6 Å². The van der Waals surface area contributed by atoms with Crippen LogP contribution in [-0.2, 0) is 4.74 Å². The number of carbonyl (C=O) groups excluding carboxylic acids is 2. The Morgan fingerprint density at radius 2 is 2.04 bits per heavy atom. The van der Waals surface area contributed by atoms with Gasteiger partial charge in [0.1, 0.15) is 0 Å². The second-order valence-electron chi connectivity index (χ2n) is 6.19. The second kappa shape index (κ2) is 8.67. The van der Waals surface area contributed by atoms with Gasteiger partial charge in [-0.3, -0.25) is 4.79 Å². The largest absolute Gasteiger partial charge is 0.376 e. The highest BCUT2D eigenvalue weighted by atomic mass is 16.5. The number of Topliss-reactive ketones (excluding diaryl/α,β-unsaturated/α-hetero) is 1. The summed E-state index contributed by atoms with van der Waals surface area (Å²) in [5.74, 6) is 0.580. The molecule has 0 saturated heterocycles. The molecule has 23 heavy (non-hydrogen) atoms. The molecule has 1 aliphatic carbocycles. The van der Waals surface area contributed by atoms with Crippen molar-refractivity contribution in [1.29, 1.82) is 0 Å². The monoisotopic (exact) mass is 318 g/mol. The molecule has 1 fully saturated rings. The first-order chi connectivity index (χ1) is 11.1. The maximum Gasteiger partial charge on any atom is 0.319 e. The molecular formula is C18H26N2O3. The molecule has 2 atom stereocenters. The number of ether oxygens (including phenoxy) is 1. The number of urea groups is 1. The highest BCUT2D eigenvalue weighted by molar-refractivity contribution is 5.96. The number of ketones is 1. The molecule has 1 aromatic carbocycles. The van der Waals surface area contributed by atoms with Crippen LogP contribution in [0.4, 0.5) is 10.5 Å². The van der Waals surface area contributed by atoms with Crippen molar-refractivity contribution in [2.75, 3.05) is 18.5 Å². The summed E-state index contributed by atoms with van der Waals surface area (Å²) < 4.78 is 5.86. The highest BCUT2D eigenvalue weighted by Gasteiger charge is 2.21. The first-order valence-corrected chi connectivity index (χ1v) is 8.33. The topological polar surface area (TPSA) is 67.4 Å². The van der Waals surface area contributed by atoms with Crippen molar-refractivity contribution in [1.82, 2.24) is 5.32 Å². The third-order valence-electron chi connectivity index (χ3n) is 4.28. The summed E-state index contributed by atoms with van der Waals surface area (Å²) in [5, 5.41) is 5.50. The van der Waals surface area contributed by atoms with Gasteiger partial charge >= 0.3 is 6.03 Å². The van der Waals surface area contributed by atoms with Crippen LogP contribution in [0.2, 0.25) is 0 Å². The molecule has 0 radical (unpaired) electrons. The number of benzene rings is 1. The van der Waals surface area contributed by atoms with Crippen molar-refractivity contribution in [3.8, 4) is 0 Å². The van der Waals surface area contributed by atoms with E-state index in [9.17, 15) is 9.59 Å². The van der Waals surface area contributed by atoms with E-state index < -0.39 is 0 Å². The zero-order valence-corrected chi connectivity index (χ0v) is 13.9. The van der Waals surface area contributed by atoms with E-state index in [0.717, 1.165) is 6.42 Å². The lowest BCUT2D eigenvalue weighted by molar-refractivity contribution is -0.00232. The molecule has 2 N–H and O–H groups in total. The Hall–Kier alpha value is -1.88. The Morgan fingerprint density at radius 1 is 1.26 bits per heavy atom. The van der Waals surface area contributed by atoms with Gasteiger partial charge in [-0.2, -0.15) is 0 Å². The fraction of sp³-hybridized carbons (Fsp3) is 0.556.